The molecular weight excluding hydrogens is 332 g/mol. The van der Waals surface area contributed by atoms with Gasteiger partial charge in [-0.05, 0) is 25.3 Å². The molecule has 0 saturated carbocycles. The molecule has 25 heavy (non-hydrogen) atoms. The zero-order valence-electron chi connectivity index (χ0n) is 15.3. The molecule has 0 bridgehead atoms. The number of hydrogen-bond acceptors (Lipinski definition) is 6. The zero-order valence-corrected chi connectivity index (χ0v) is 16.1. The van der Waals surface area contributed by atoms with E-state index in [0.29, 0.717) is 12.0 Å². The number of aromatic nitrogens is 2. The van der Waals surface area contributed by atoms with Crippen molar-refractivity contribution in [2.24, 2.45) is 0 Å². The van der Waals surface area contributed by atoms with E-state index in [2.05, 4.69) is 71.1 Å². The normalized spacial score (nSPS) is 18.2. The van der Waals surface area contributed by atoms with Crippen LogP contribution in [0.3, 0.4) is 0 Å². The highest BCUT2D eigenvalue weighted by Crippen LogP contribution is 2.27. The monoisotopic (exact) mass is 360 g/mol. The van der Waals surface area contributed by atoms with Crippen molar-refractivity contribution >= 4 is 16.7 Å². The van der Waals surface area contributed by atoms with E-state index in [4.69, 9.17) is 4.74 Å². The maximum Gasteiger partial charge on any atom is 0.202 e. The predicted octanol–water partition coefficient (Wildman–Crippen LogP) is 3.97. The Morgan fingerprint density at radius 2 is 1.88 bits per heavy atom. The predicted molar refractivity (Wildman–Crippen MR) is 103 cm³/mol. The highest BCUT2D eigenvalue weighted by molar-refractivity contribution is 7.09. The van der Waals surface area contributed by atoms with Crippen LogP contribution >= 0.6 is 11.5 Å². The minimum atomic E-state index is 0.0111. The van der Waals surface area contributed by atoms with Gasteiger partial charge in [0.05, 0.1) is 0 Å². The van der Waals surface area contributed by atoms with Gasteiger partial charge in [0.15, 0.2) is 0 Å². The Bertz CT molecular complexity index is 652. The van der Waals surface area contributed by atoms with Crippen LogP contribution in [0.2, 0.25) is 0 Å². The first-order chi connectivity index (χ1) is 12.1. The van der Waals surface area contributed by atoms with Crippen LogP contribution in [0.1, 0.15) is 57.0 Å². The topological polar surface area (TPSA) is 59.1 Å². The Kier molecular flexibility index (Phi) is 6.04. The van der Waals surface area contributed by atoms with E-state index < -0.39 is 0 Å². The fourth-order valence-electron chi connectivity index (χ4n) is 3.20. The van der Waals surface area contributed by atoms with Crippen molar-refractivity contribution in [2.45, 2.75) is 51.1 Å². The van der Waals surface area contributed by atoms with Crippen LogP contribution in [-0.4, -0.2) is 34.7 Å². The Balaban J connectivity index is 1.67. The highest BCUT2D eigenvalue weighted by atomic mass is 32.1. The van der Waals surface area contributed by atoms with Crippen molar-refractivity contribution in [1.82, 2.24) is 14.7 Å². The van der Waals surface area contributed by atoms with Gasteiger partial charge < -0.3 is 15.4 Å². The molecule has 1 fully saturated rings. The Hall–Kier alpha value is -1.50. The average Bonchev–Trinajstić information content (AvgIpc) is 3.11. The largest absolute Gasteiger partial charge is 0.381 e. The Morgan fingerprint density at radius 3 is 2.52 bits per heavy atom. The number of nitrogens with one attached hydrogen (secondary N) is 2. The molecular formula is C19H28N4OS. The van der Waals surface area contributed by atoms with E-state index in [1.54, 1.807) is 0 Å². The first-order valence-electron chi connectivity index (χ1n) is 9.06. The van der Waals surface area contributed by atoms with Crippen LogP contribution in [0.25, 0.3) is 0 Å². The molecule has 136 valence electrons. The molecule has 2 heterocycles. The summed E-state index contributed by atoms with van der Waals surface area (Å²) in [6.07, 6.45) is 1.99. The summed E-state index contributed by atoms with van der Waals surface area (Å²) in [6, 6.07) is 10.9. The average molecular weight is 361 g/mol. The SMILES string of the molecule is CC(C)c1nsc(NCC2(NC(C)c3ccccc3)CCOCC2)n1. The number of benzene rings is 1. The Morgan fingerprint density at radius 1 is 1.16 bits per heavy atom. The van der Waals surface area contributed by atoms with Crippen LogP contribution in [0.15, 0.2) is 30.3 Å². The molecule has 3 rings (SSSR count). The number of anilines is 1. The molecule has 0 amide bonds. The van der Waals surface area contributed by atoms with Crippen molar-refractivity contribution in [2.75, 3.05) is 25.1 Å². The minimum Gasteiger partial charge on any atom is -0.381 e. The summed E-state index contributed by atoms with van der Waals surface area (Å²) in [4.78, 5) is 4.60. The molecule has 0 radical (unpaired) electrons. The van der Waals surface area contributed by atoms with Gasteiger partial charge in [0.2, 0.25) is 5.13 Å². The first-order valence-corrected chi connectivity index (χ1v) is 9.83. The fraction of sp³-hybridized carbons (Fsp3) is 0.579. The van der Waals surface area contributed by atoms with Gasteiger partial charge in [-0.1, -0.05) is 44.2 Å². The standard InChI is InChI=1S/C19H28N4OS/c1-14(2)17-21-18(25-23-17)20-13-19(9-11-24-12-10-19)22-15(3)16-7-5-4-6-8-16/h4-8,14-15,22H,9-13H2,1-3H3,(H,20,21,23). The van der Waals surface area contributed by atoms with Crippen LogP contribution in [-0.2, 0) is 4.74 Å². The summed E-state index contributed by atoms with van der Waals surface area (Å²) >= 11 is 1.45. The van der Waals surface area contributed by atoms with Crippen molar-refractivity contribution in [1.29, 1.82) is 0 Å². The van der Waals surface area contributed by atoms with Gasteiger partial charge in [0.25, 0.3) is 0 Å². The van der Waals surface area contributed by atoms with Gasteiger partial charge in [-0.2, -0.15) is 4.37 Å². The van der Waals surface area contributed by atoms with E-state index in [1.807, 2.05) is 0 Å². The highest BCUT2D eigenvalue weighted by Gasteiger charge is 2.34. The fourth-order valence-corrected chi connectivity index (χ4v) is 3.91. The van der Waals surface area contributed by atoms with Gasteiger partial charge in [-0.15, -0.1) is 0 Å². The molecule has 2 aromatic rings. The molecule has 1 aromatic carbocycles. The van der Waals surface area contributed by atoms with Gasteiger partial charge >= 0.3 is 0 Å². The van der Waals surface area contributed by atoms with Crippen molar-refractivity contribution in [3.8, 4) is 0 Å². The van der Waals surface area contributed by atoms with Crippen molar-refractivity contribution in [3.05, 3.63) is 41.7 Å². The van der Waals surface area contributed by atoms with Crippen LogP contribution in [0, 0.1) is 0 Å². The lowest BCUT2D eigenvalue weighted by molar-refractivity contribution is 0.0389. The molecule has 1 aromatic heterocycles. The van der Waals surface area contributed by atoms with Gasteiger partial charge in [0, 0.05) is 48.8 Å². The first kappa shape index (κ1) is 18.3. The maximum absolute atomic E-state index is 5.61. The van der Waals surface area contributed by atoms with E-state index in [9.17, 15) is 0 Å². The molecule has 1 aliphatic rings. The molecule has 6 heteroatoms. The summed E-state index contributed by atoms with van der Waals surface area (Å²) in [5.74, 6) is 1.28. The molecule has 0 aliphatic carbocycles. The second-order valence-electron chi connectivity index (χ2n) is 7.14. The van der Waals surface area contributed by atoms with E-state index >= 15 is 0 Å². The number of ether oxygens (including phenoxy) is 1. The lowest BCUT2D eigenvalue weighted by atomic mass is 9.88. The number of nitrogens with zero attached hydrogens (tertiary/aromatic N) is 2. The lowest BCUT2D eigenvalue weighted by Gasteiger charge is -2.40. The summed E-state index contributed by atoms with van der Waals surface area (Å²) in [7, 11) is 0. The summed E-state index contributed by atoms with van der Waals surface area (Å²) < 4.78 is 10.0. The van der Waals surface area contributed by atoms with Crippen LogP contribution in [0.5, 0.6) is 0 Å². The van der Waals surface area contributed by atoms with E-state index in [0.717, 1.165) is 43.6 Å². The second-order valence-corrected chi connectivity index (χ2v) is 7.89. The third-order valence-electron chi connectivity index (χ3n) is 4.81. The summed E-state index contributed by atoms with van der Waals surface area (Å²) in [5, 5.41) is 8.28. The Labute approximate surface area is 154 Å². The van der Waals surface area contributed by atoms with E-state index in [1.165, 1.54) is 17.1 Å². The number of hydrogen-bond donors (Lipinski definition) is 2. The molecule has 5 nitrogen and oxygen atoms in total. The van der Waals surface area contributed by atoms with Crippen molar-refractivity contribution < 1.29 is 4.74 Å². The van der Waals surface area contributed by atoms with Crippen molar-refractivity contribution in [3.63, 3.8) is 0 Å². The minimum absolute atomic E-state index is 0.0111. The zero-order chi connectivity index (χ0) is 17.7. The lowest BCUT2D eigenvalue weighted by Crippen LogP contribution is -2.54. The van der Waals surface area contributed by atoms with Gasteiger partial charge in [-0.25, -0.2) is 4.98 Å². The van der Waals surface area contributed by atoms with E-state index in [-0.39, 0.29) is 5.54 Å². The van der Waals surface area contributed by atoms with Gasteiger partial charge in [-0.3, -0.25) is 0 Å². The molecule has 0 spiro atoms. The third-order valence-corrected chi connectivity index (χ3v) is 5.50. The third kappa shape index (κ3) is 4.77. The molecule has 1 unspecified atom stereocenters. The maximum atomic E-state index is 5.61. The van der Waals surface area contributed by atoms with Crippen LogP contribution in [0.4, 0.5) is 5.13 Å². The smallest absolute Gasteiger partial charge is 0.202 e. The second kappa shape index (κ2) is 8.25. The molecule has 2 N–H and O–H groups in total. The van der Waals surface area contributed by atoms with Crippen LogP contribution < -0.4 is 10.6 Å². The van der Waals surface area contributed by atoms with Gasteiger partial charge in [0.1, 0.15) is 5.82 Å². The summed E-state index contributed by atoms with van der Waals surface area (Å²) in [5.41, 5.74) is 1.32. The number of rotatable bonds is 7. The molecule has 1 saturated heterocycles. The molecule has 1 atom stereocenters. The quantitative estimate of drug-likeness (QED) is 0.782. The summed E-state index contributed by atoms with van der Waals surface area (Å²) in [6.45, 7) is 8.89. The molecule has 1 aliphatic heterocycles.